The maximum atomic E-state index is 4.85. The van der Waals surface area contributed by atoms with E-state index in [0.717, 1.165) is 42.9 Å². The summed E-state index contributed by atoms with van der Waals surface area (Å²) < 4.78 is 4.22. The van der Waals surface area contributed by atoms with Crippen LogP contribution < -0.4 is 0 Å². The quantitative estimate of drug-likeness (QED) is 0.691. The minimum Gasteiger partial charge on any atom is -0.317 e. The second-order valence-electron chi connectivity index (χ2n) is 6.89. The van der Waals surface area contributed by atoms with Crippen LogP contribution in [0.3, 0.4) is 0 Å². The van der Waals surface area contributed by atoms with Crippen molar-refractivity contribution in [3.8, 4) is 11.4 Å². The van der Waals surface area contributed by atoms with Gasteiger partial charge in [-0.25, -0.2) is 9.67 Å². The summed E-state index contributed by atoms with van der Waals surface area (Å²) in [5.41, 5.74) is 1.02. The normalized spacial score (nSPS) is 21.0. The number of rotatable bonds is 6. The average Bonchev–Trinajstić information content (AvgIpc) is 3.27. The van der Waals surface area contributed by atoms with E-state index in [-0.39, 0.29) is 0 Å². The fourth-order valence-corrected chi connectivity index (χ4v) is 3.41. The Morgan fingerprint density at radius 2 is 1.88 bits per heavy atom. The number of hydrogen-bond donors (Lipinski definition) is 0. The van der Waals surface area contributed by atoms with Gasteiger partial charge in [-0.05, 0) is 44.2 Å². The number of aromatic nitrogens is 7. The molecule has 0 radical (unpaired) electrons. The Balaban J connectivity index is 1.51. The molecular weight excluding hydrogens is 314 g/mol. The first-order chi connectivity index (χ1) is 12.2. The third-order valence-electron chi connectivity index (χ3n) is 5.19. The van der Waals surface area contributed by atoms with Crippen molar-refractivity contribution in [3.63, 3.8) is 0 Å². The van der Waals surface area contributed by atoms with Crippen LogP contribution in [-0.2, 0) is 6.42 Å². The van der Waals surface area contributed by atoms with E-state index in [2.05, 4.69) is 38.3 Å². The van der Waals surface area contributed by atoms with Crippen LogP contribution in [-0.4, -0.2) is 34.5 Å². The van der Waals surface area contributed by atoms with Crippen molar-refractivity contribution in [1.82, 2.24) is 34.5 Å². The molecule has 1 fully saturated rings. The Morgan fingerprint density at radius 1 is 1.16 bits per heavy atom. The summed E-state index contributed by atoms with van der Waals surface area (Å²) in [4.78, 5) is 8.93. The Morgan fingerprint density at radius 3 is 2.56 bits per heavy atom. The standard InChI is InChI=1S/C18H23N7/c1-3-13(2)25-17(22-18(23-25)15-4-6-19-7-5-15)10-14-8-16(9-14)24-11-20-21-12-24/h4-7,11-14,16H,3,8-10H2,1-2H3. The second kappa shape index (κ2) is 6.74. The molecular formula is C18H23N7. The van der Waals surface area contributed by atoms with E-state index in [4.69, 9.17) is 10.1 Å². The first-order valence-electron chi connectivity index (χ1n) is 8.94. The summed E-state index contributed by atoms with van der Waals surface area (Å²) in [6, 6.07) is 4.81. The van der Waals surface area contributed by atoms with Crippen molar-refractivity contribution < 1.29 is 0 Å². The van der Waals surface area contributed by atoms with Crippen LogP contribution in [0.15, 0.2) is 37.2 Å². The fraction of sp³-hybridized carbons (Fsp3) is 0.500. The van der Waals surface area contributed by atoms with Crippen molar-refractivity contribution in [2.24, 2.45) is 5.92 Å². The van der Waals surface area contributed by atoms with E-state index in [1.807, 2.05) is 24.8 Å². The van der Waals surface area contributed by atoms with Gasteiger partial charge < -0.3 is 4.57 Å². The van der Waals surface area contributed by atoms with Gasteiger partial charge in [0.1, 0.15) is 18.5 Å². The molecule has 25 heavy (non-hydrogen) atoms. The van der Waals surface area contributed by atoms with Gasteiger partial charge in [0.05, 0.1) is 6.04 Å². The molecule has 0 saturated heterocycles. The van der Waals surface area contributed by atoms with Crippen molar-refractivity contribution in [3.05, 3.63) is 43.0 Å². The molecule has 0 N–H and O–H groups in total. The molecule has 0 amide bonds. The highest BCUT2D eigenvalue weighted by molar-refractivity contribution is 5.53. The lowest BCUT2D eigenvalue weighted by molar-refractivity contribution is 0.191. The topological polar surface area (TPSA) is 74.3 Å². The Labute approximate surface area is 147 Å². The second-order valence-corrected chi connectivity index (χ2v) is 6.89. The Hall–Kier alpha value is -2.57. The average molecular weight is 337 g/mol. The van der Waals surface area contributed by atoms with E-state index >= 15 is 0 Å². The lowest BCUT2D eigenvalue weighted by Gasteiger charge is -2.35. The van der Waals surface area contributed by atoms with Gasteiger partial charge in [-0.3, -0.25) is 4.98 Å². The number of nitrogens with zero attached hydrogens (tertiary/aromatic N) is 7. The van der Waals surface area contributed by atoms with Crippen molar-refractivity contribution in [2.45, 2.75) is 51.6 Å². The molecule has 3 aromatic rings. The van der Waals surface area contributed by atoms with E-state index < -0.39 is 0 Å². The van der Waals surface area contributed by atoms with Gasteiger partial charge in [0.2, 0.25) is 0 Å². The predicted molar refractivity (Wildman–Crippen MR) is 93.7 cm³/mol. The van der Waals surface area contributed by atoms with Gasteiger partial charge in [-0.1, -0.05) is 6.92 Å². The van der Waals surface area contributed by atoms with Crippen LogP contribution in [0.2, 0.25) is 0 Å². The van der Waals surface area contributed by atoms with Crippen LogP contribution >= 0.6 is 0 Å². The molecule has 0 spiro atoms. The molecule has 1 aliphatic rings. The van der Waals surface area contributed by atoms with Crippen LogP contribution in [0.4, 0.5) is 0 Å². The molecule has 3 aromatic heterocycles. The third kappa shape index (κ3) is 3.18. The molecule has 1 atom stereocenters. The zero-order chi connectivity index (χ0) is 17.2. The smallest absolute Gasteiger partial charge is 0.181 e. The van der Waals surface area contributed by atoms with E-state index in [1.165, 1.54) is 0 Å². The molecule has 1 saturated carbocycles. The van der Waals surface area contributed by atoms with Crippen molar-refractivity contribution in [2.75, 3.05) is 0 Å². The van der Waals surface area contributed by atoms with Gasteiger partial charge in [0.15, 0.2) is 5.82 Å². The lowest BCUT2D eigenvalue weighted by Crippen LogP contribution is -2.28. The lowest BCUT2D eigenvalue weighted by atomic mass is 9.78. The Bertz CT molecular complexity index is 803. The number of pyridine rings is 1. The van der Waals surface area contributed by atoms with Gasteiger partial charge in [-0.2, -0.15) is 5.10 Å². The van der Waals surface area contributed by atoms with Crippen LogP contribution in [0.25, 0.3) is 11.4 Å². The molecule has 1 aliphatic carbocycles. The maximum Gasteiger partial charge on any atom is 0.181 e. The zero-order valence-corrected chi connectivity index (χ0v) is 14.7. The highest BCUT2D eigenvalue weighted by Crippen LogP contribution is 2.39. The summed E-state index contributed by atoms with van der Waals surface area (Å²) in [6.07, 6.45) is 11.5. The van der Waals surface area contributed by atoms with Crippen LogP contribution in [0, 0.1) is 5.92 Å². The van der Waals surface area contributed by atoms with Gasteiger partial charge in [0, 0.05) is 30.4 Å². The first kappa shape index (κ1) is 15.9. The molecule has 0 aromatic carbocycles. The van der Waals surface area contributed by atoms with Gasteiger partial charge in [-0.15, -0.1) is 10.2 Å². The molecule has 4 rings (SSSR count). The molecule has 0 aliphatic heterocycles. The summed E-state index contributed by atoms with van der Waals surface area (Å²) in [7, 11) is 0. The fourth-order valence-electron chi connectivity index (χ4n) is 3.41. The molecule has 1 unspecified atom stereocenters. The predicted octanol–water partition coefficient (Wildman–Crippen LogP) is 3.10. The van der Waals surface area contributed by atoms with Crippen molar-refractivity contribution >= 4 is 0 Å². The molecule has 7 nitrogen and oxygen atoms in total. The third-order valence-corrected chi connectivity index (χ3v) is 5.19. The van der Waals surface area contributed by atoms with E-state index in [9.17, 15) is 0 Å². The van der Waals surface area contributed by atoms with E-state index in [0.29, 0.717) is 18.0 Å². The highest BCUT2D eigenvalue weighted by atomic mass is 15.4. The largest absolute Gasteiger partial charge is 0.317 e. The summed E-state index contributed by atoms with van der Waals surface area (Å²) in [5, 5.41) is 12.6. The van der Waals surface area contributed by atoms with Crippen LogP contribution in [0.1, 0.15) is 51.0 Å². The Kier molecular flexibility index (Phi) is 4.29. The highest BCUT2D eigenvalue weighted by Gasteiger charge is 2.32. The SMILES string of the molecule is CCC(C)n1nc(-c2ccncc2)nc1CC1CC(n2cnnc2)C1. The number of hydrogen-bond acceptors (Lipinski definition) is 5. The molecule has 0 bridgehead atoms. The molecule has 130 valence electrons. The van der Waals surface area contributed by atoms with Gasteiger partial charge >= 0.3 is 0 Å². The molecule has 3 heterocycles. The van der Waals surface area contributed by atoms with Crippen molar-refractivity contribution in [1.29, 1.82) is 0 Å². The zero-order valence-electron chi connectivity index (χ0n) is 14.7. The summed E-state index contributed by atoms with van der Waals surface area (Å²) in [6.45, 7) is 4.39. The van der Waals surface area contributed by atoms with Crippen LogP contribution in [0.5, 0.6) is 0 Å². The summed E-state index contributed by atoms with van der Waals surface area (Å²) >= 11 is 0. The summed E-state index contributed by atoms with van der Waals surface area (Å²) in [5.74, 6) is 2.53. The van der Waals surface area contributed by atoms with Gasteiger partial charge in [0.25, 0.3) is 0 Å². The minimum absolute atomic E-state index is 0.354. The monoisotopic (exact) mass is 337 g/mol. The first-order valence-corrected chi connectivity index (χ1v) is 8.94. The minimum atomic E-state index is 0.354. The molecule has 7 heteroatoms. The maximum absolute atomic E-state index is 4.85. The van der Waals surface area contributed by atoms with E-state index in [1.54, 1.807) is 12.4 Å².